The van der Waals surface area contributed by atoms with Crippen LogP contribution in [0.5, 0.6) is 17.2 Å². The van der Waals surface area contributed by atoms with Crippen LogP contribution in [0.25, 0.3) is 11.0 Å². The predicted molar refractivity (Wildman–Crippen MR) is 132 cm³/mol. The van der Waals surface area contributed by atoms with E-state index in [0.29, 0.717) is 19.1 Å². The van der Waals surface area contributed by atoms with Gasteiger partial charge in [0.25, 0.3) is 0 Å². The first-order chi connectivity index (χ1) is 16.1. The molecule has 5 heteroatoms. The number of rotatable bonds is 11. The fourth-order valence-electron chi connectivity index (χ4n) is 3.82. The molecule has 0 unspecified atom stereocenters. The molecular formula is C28H32N2O3. The first-order valence-electron chi connectivity index (χ1n) is 11.6. The van der Waals surface area contributed by atoms with E-state index in [4.69, 9.17) is 19.2 Å². The Morgan fingerprint density at radius 2 is 1.45 bits per heavy atom. The third kappa shape index (κ3) is 5.86. The second-order valence-corrected chi connectivity index (χ2v) is 8.41. The van der Waals surface area contributed by atoms with Crippen LogP contribution in [0.15, 0.2) is 72.8 Å². The molecule has 0 radical (unpaired) electrons. The smallest absolute Gasteiger partial charge is 0.147 e. The van der Waals surface area contributed by atoms with Gasteiger partial charge in [0.1, 0.15) is 29.7 Å². The van der Waals surface area contributed by atoms with Crippen molar-refractivity contribution in [1.82, 2.24) is 9.55 Å². The lowest BCUT2D eigenvalue weighted by molar-refractivity contribution is 0.285. The van der Waals surface area contributed by atoms with E-state index in [1.165, 1.54) is 5.56 Å². The molecule has 0 amide bonds. The number of methoxy groups -OCH3 is 1. The average Bonchev–Trinajstić information content (AvgIpc) is 3.20. The third-order valence-corrected chi connectivity index (χ3v) is 5.75. The van der Waals surface area contributed by atoms with Crippen LogP contribution in [0.1, 0.15) is 44.0 Å². The molecule has 172 valence electrons. The van der Waals surface area contributed by atoms with Gasteiger partial charge in [0.2, 0.25) is 0 Å². The highest BCUT2D eigenvalue weighted by Gasteiger charge is 2.11. The first-order valence-corrected chi connectivity index (χ1v) is 11.6. The van der Waals surface area contributed by atoms with Gasteiger partial charge in [0.05, 0.1) is 24.8 Å². The van der Waals surface area contributed by atoms with Crippen molar-refractivity contribution in [2.24, 2.45) is 0 Å². The molecule has 0 aliphatic carbocycles. The number of para-hydroxylation sites is 2. The summed E-state index contributed by atoms with van der Waals surface area (Å²) in [5, 5.41) is 0. The number of ether oxygens (including phenoxy) is 3. The molecule has 4 aromatic rings. The Bertz CT molecular complexity index is 1150. The van der Waals surface area contributed by atoms with Crippen LogP contribution < -0.4 is 14.2 Å². The van der Waals surface area contributed by atoms with E-state index >= 15 is 0 Å². The van der Waals surface area contributed by atoms with Gasteiger partial charge < -0.3 is 18.8 Å². The quantitative estimate of drug-likeness (QED) is 0.244. The maximum absolute atomic E-state index is 6.08. The van der Waals surface area contributed by atoms with Crippen molar-refractivity contribution in [3.05, 3.63) is 84.2 Å². The molecule has 1 aromatic heterocycles. The molecule has 1 heterocycles. The average molecular weight is 445 g/mol. The summed E-state index contributed by atoms with van der Waals surface area (Å²) in [6, 6.07) is 24.3. The van der Waals surface area contributed by atoms with Crippen molar-refractivity contribution >= 4 is 11.0 Å². The number of hydrogen-bond donors (Lipinski definition) is 0. The van der Waals surface area contributed by atoms with Crippen LogP contribution in [-0.2, 0) is 13.2 Å². The van der Waals surface area contributed by atoms with E-state index in [0.717, 1.165) is 53.5 Å². The van der Waals surface area contributed by atoms with Crippen LogP contribution in [0.2, 0.25) is 0 Å². The van der Waals surface area contributed by atoms with Gasteiger partial charge in [-0.15, -0.1) is 0 Å². The van der Waals surface area contributed by atoms with Gasteiger partial charge in [0, 0.05) is 6.54 Å². The van der Waals surface area contributed by atoms with E-state index in [2.05, 4.69) is 48.7 Å². The summed E-state index contributed by atoms with van der Waals surface area (Å²) in [7, 11) is 1.66. The van der Waals surface area contributed by atoms with Gasteiger partial charge in [-0.1, -0.05) is 38.1 Å². The molecular weight excluding hydrogens is 412 g/mol. The minimum atomic E-state index is 0.443. The zero-order valence-corrected chi connectivity index (χ0v) is 19.7. The lowest BCUT2D eigenvalue weighted by Gasteiger charge is -2.12. The number of aromatic nitrogens is 2. The van der Waals surface area contributed by atoms with E-state index in [1.54, 1.807) is 7.11 Å². The van der Waals surface area contributed by atoms with Crippen molar-refractivity contribution in [3.63, 3.8) is 0 Å². The van der Waals surface area contributed by atoms with Gasteiger partial charge >= 0.3 is 0 Å². The second kappa shape index (κ2) is 10.9. The number of aryl methyl sites for hydroxylation is 1. The summed E-state index contributed by atoms with van der Waals surface area (Å²) in [6.45, 7) is 6.38. The summed E-state index contributed by atoms with van der Waals surface area (Å²) in [6.07, 6.45) is 1.95. The monoisotopic (exact) mass is 444 g/mol. The van der Waals surface area contributed by atoms with Gasteiger partial charge in [-0.3, -0.25) is 0 Å². The molecule has 5 nitrogen and oxygen atoms in total. The molecule has 0 bridgehead atoms. The highest BCUT2D eigenvalue weighted by atomic mass is 16.5. The minimum Gasteiger partial charge on any atom is -0.497 e. The summed E-state index contributed by atoms with van der Waals surface area (Å²) in [5.41, 5.74) is 3.45. The number of nitrogens with zero attached hydrogens (tertiary/aromatic N) is 2. The summed E-state index contributed by atoms with van der Waals surface area (Å²) in [5.74, 6) is 4.02. The van der Waals surface area contributed by atoms with Gasteiger partial charge in [-0.05, 0) is 72.9 Å². The van der Waals surface area contributed by atoms with Crippen LogP contribution >= 0.6 is 0 Å². The van der Waals surface area contributed by atoms with Crippen molar-refractivity contribution in [2.45, 2.75) is 45.8 Å². The number of hydrogen-bond acceptors (Lipinski definition) is 4. The Labute approximate surface area is 195 Å². The van der Waals surface area contributed by atoms with Crippen LogP contribution in [-0.4, -0.2) is 23.3 Å². The molecule has 0 aliphatic rings. The van der Waals surface area contributed by atoms with Crippen molar-refractivity contribution in [2.75, 3.05) is 13.7 Å². The molecule has 0 fully saturated rings. The van der Waals surface area contributed by atoms with Crippen LogP contribution in [0, 0.1) is 0 Å². The number of imidazole rings is 1. The molecule has 0 N–H and O–H groups in total. The molecule has 0 aliphatic heterocycles. The second-order valence-electron chi connectivity index (χ2n) is 8.41. The molecule has 0 saturated heterocycles. The largest absolute Gasteiger partial charge is 0.497 e. The highest BCUT2D eigenvalue weighted by molar-refractivity contribution is 5.75. The van der Waals surface area contributed by atoms with Gasteiger partial charge in [0.15, 0.2) is 0 Å². The maximum Gasteiger partial charge on any atom is 0.147 e. The highest BCUT2D eigenvalue weighted by Crippen LogP contribution is 2.22. The number of fused-ring (bicyclic) bond motifs is 1. The Hall–Kier alpha value is -3.47. The summed E-state index contributed by atoms with van der Waals surface area (Å²) < 4.78 is 19.4. The first kappa shape index (κ1) is 22.7. The molecule has 4 rings (SSSR count). The topological polar surface area (TPSA) is 45.5 Å². The Balaban J connectivity index is 1.35. The minimum absolute atomic E-state index is 0.443. The lowest BCUT2D eigenvalue weighted by atomic mass is 10.0. The van der Waals surface area contributed by atoms with Gasteiger partial charge in [-0.2, -0.15) is 0 Å². The Kier molecular flexibility index (Phi) is 7.51. The van der Waals surface area contributed by atoms with Crippen LogP contribution in [0.4, 0.5) is 0 Å². The van der Waals surface area contributed by atoms with Crippen molar-refractivity contribution < 1.29 is 14.2 Å². The molecule has 33 heavy (non-hydrogen) atoms. The fraction of sp³-hybridized carbons (Fsp3) is 0.321. The molecule has 0 saturated carbocycles. The van der Waals surface area contributed by atoms with E-state index in [-0.39, 0.29) is 0 Å². The number of benzene rings is 3. The Morgan fingerprint density at radius 3 is 2.18 bits per heavy atom. The zero-order chi connectivity index (χ0) is 23.0. The standard InChI is InChI=1S/C28H32N2O3/c1-21(2)22-10-12-25(13-11-22)33-20-28-29-26-8-4-5-9-27(26)30(28)18-6-7-19-32-24-16-14-23(31-3)15-17-24/h4-5,8-17,21H,6-7,18-20H2,1-3H3. The normalized spacial score (nSPS) is 11.2. The van der Waals surface area contributed by atoms with Gasteiger partial charge in [-0.25, -0.2) is 4.98 Å². The summed E-state index contributed by atoms with van der Waals surface area (Å²) >= 11 is 0. The third-order valence-electron chi connectivity index (χ3n) is 5.75. The SMILES string of the molecule is COc1ccc(OCCCCn2c(COc3ccc(C(C)C)cc3)nc3ccccc32)cc1. The lowest BCUT2D eigenvalue weighted by Crippen LogP contribution is -2.09. The zero-order valence-electron chi connectivity index (χ0n) is 19.7. The fourth-order valence-corrected chi connectivity index (χ4v) is 3.82. The maximum atomic E-state index is 6.08. The van der Waals surface area contributed by atoms with E-state index in [1.807, 2.05) is 42.5 Å². The number of unbranched alkanes of at least 4 members (excludes halogenated alkanes) is 1. The van der Waals surface area contributed by atoms with Crippen molar-refractivity contribution in [1.29, 1.82) is 0 Å². The molecule has 3 aromatic carbocycles. The van der Waals surface area contributed by atoms with E-state index < -0.39 is 0 Å². The predicted octanol–water partition coefficient (Wildman–Crippen LogP) is 6.61. The van der Waals surface area contributed by atoms with Crippen LogP contribution in [0.3, 0.4) is 0 Å². The summed E-state index contributed by atoms with van der Waals surface area (Å²) in [4.78, 5) is 4.83. The Morgan fingerprint density at radius 1 is 0.788 bits per heavy atom. The molecule has 0 atom stereocenters. The molecule has 0 spiro atoms. The van der Waals surface area contributed by atoms with Crippen molar-refractivity contribution in [3.8, 4) is 17.2 Å². The van der Waals surface area contributed by atoms with E-state index in [9.17, 15) is 0 Å².